The van der Waals surface area contributed by atoms with Crippen LogP contribution < -0.4 is 0 Å². The normalized spacial score (nSPS) is 11.1. The average molecular weight is 296 g/mol. The van der Waals surface area contributed by atoms with Gasteiger partial charge in [0.25, 0.3) is 0 Å². The van der Waals surface area contributed by atoms with E-state index in [-0.39, 0.29) is 23.1 Å². The van der Waals surface area contributed by atoms with Crippen LogP contribution in [0.1, 0.15) is 41.4 Å². The second-order valence-corrected chi connectivity index (χ2v) is 5.24. The van der Waals surface area contributed by atoms with Crippen molar-refractivity contribution in [3.63, 3.8) is 0 Å². The monoisotopic (exact) mass is 295 g/mol. The van der Waals surface area contributed by atoms with Gasteiger partial charge in [0, 0.05) is 11.1 Å². The highest BCUT2D eigenvalue weighted by atomic mass is 35.5. The minimum absolute atomic E-state index is 0.0370. The molecule has 2 N–H and O–H groups in total. The molecule has 2 rings (SSSR count). The Bertz CT molecular complexity index is 676. The Labute approximate surface area is 120 Å². The van der Waals surface area contributed by atoms with Crippen molar-refractivity contribution in [3.8, 4) is 17.1 Å². The van der Waals surface area contributed by atoms with Gasteiger partial charge < -0.3 is 14.7 Å². The number of aromatic hydroxyl groups is 1. The summed E-state index contributed by atoms with van der Waals surface area (Å²) in [5.74, 6) is -0.909. The van der Waals surface area contributed by atoms with Gasteiger partial charge in [-0.15, -0.1) is 0 Å². The van der Waals surface area contributed by atoms with Crippen LogP contribution >= 0.6 is 11.6 Å². The Hall–Kier alpha value is -2.01. The van der Waals surface area contributed by atoms with Gasteiger partial charge >= 0.3 is 5.97 Å². The first-order valence-corrected chi connectivity index (χ1v) is 6.43. The van der Waals surface area contributed by atoms with Crippen molar-refractivity contribution >= 4 is 17.6 Å². The molecule has 0 amide bonds. The number of benzene rings is 1. The van der Waals surface area contributed by atoms with Gasteiger partial charge in [0.05, 0.1) is 5.56 Å². The number of carboxylic acids is 1. The van der Waals surface area contributed by atoms with E-state index in [0.717, 1.165) is 0 Å². The second-order valence-electron chi connectivity index (χ2n) is 4.83. The third kappa shape index (κ3) is 2.36. The number of carbonyl (C=O) groups is 1. The Balaban J connectivity index is 2.68. The standard InChI is InChI=1S/C14H14ClNO4/c1-6(2)8-4-9(15)7(3)12(13(8)17)11-5-10(14(18)19)16-20-11/h4-6,17H,1-3H3,(H,18,19). The molecule has 0 saturated carbocycles. The van der Waals surface area contributed by atoms with E-state index in [1.807, 2.05) is 13.8 Å². The SMILES string of the molecule is Cc1c(Cl)cc(C(C)C)c(O)c1-c1cc(C(=O)O)no1. The molecule has 5 nitrogen and oxygen atoms in total. The largest absolute Gasteiger partial charge is 0.507 e. The van der Waals surface area contributed by atoms with Crippen molar-refractivity contribution in [2.24, 2.45) is 0 Å². The third-order valence-electron chi connectivity index (χ3n) is 3.12. The van der Waals surface area contributed by atoms with E-state index in [1.54, 1.807) is 13.0 Å². The van der Waals surface area contributed by atoms with Gasteiger partial charge in [-0.3, -0.25) is 0 Å². The van der Waals surface area contributed by atoms with Gasteiger partial charge in [0.2, 0.25) is 0 Å². The highest BCUT2D eigenvalue weighted by molar-refractivity contribution is 6.32. The summed E-state index contributed by atoms with van der Waals surface area (Å²) in [6, 6.07) is 2.97. The molecule has 106 valence electrons. The Morgan fingerprint density at radius 1 is 1.40 bits per heavy atom. The van der Waals surface area contributed by atoms with Crippen molar-refractivity contribution in [1.82, 2.24) is 5.16 Å². The number of aromatic nitrogens is 1. The number of phenols is 1. The smallest absolute Gasteiger partial charge is 0.358 e. The van der Waals surface area contributed by atoms with Gasteiger partial charge in [-0.2, -0.15) is 0 Å². The molecule has 20 heavy (non-hydrogen) atoms. The first kappa shape index (κ1) is 14.4. The molecule has 0 aliphatic heterocycles. The van der Waals surface area contributed by atoms with Crippen LogP contribution in [0.15, 0.2) is 16.7 Å². The molecular formula is C14H14ClNO4. The molecule has 1 aromatic carbocycles. The van der Waals surface area contributed by atoms with Crippen molar-refractivity contribution in [2.75, 3.05) is 0 Å². The Morgan fingerprint density at radius 3 is 2.55 bits per heavy atom. The van der Waals surface area contributed by atoms with Crippen molar-refractivity contribution in [1.29, 1.82) is 0 Å². The average Bonchev–Trinajstić information content (AvgIpc) is 2.83. The van der Waals surface area contributed by atoms with Gasteiger partial charge in [-0.25, -0.2) is 4.79 Å². The summed E-state index contributed by atoms with van der Waals surface area (Å²) < 4.78 is 5.01. The molecule has 1 heterocycles. The van der Waals surface area contributed by atoms with E-state index in [1.165, 1.54) is 6.07 Å². The molecule has 0 bridgehead atoms. The van der Waals surface area contributed by atoms with Gasteiger partial charge in [0.1, 0.15) is 5.75 Å². The molecule has 0 saturated heterocycles. The van der Waals surface area contributed by atoms with E-state index in [0.29, 0.717) is 21.7 Å². The second kappa shape index (κ2) is 5.17. The molecule has 0 spiro atoms. The summed E-state index contributed by atoms with van der Waals surface area (Å²) >= 11 is 6.16. The minimum atomic E-state index is -1.19. The molecule has 0 fully saturated rings. The first-order chi connectivity index (χ1) is 9.32. The summed E-state index contributed by atoms with van der Waals surface area (Å²) in [5, 5.41) is 23.2. The predicted molar refractivity (Wildman–Crippen MR) is 74.4 cm³/mol. The molecule has 6 heteroatoms. The zero-order chi connectivity index (χ0) is 15.0. The molecule has 0 atom stereocenters. The third-order valence-corrected chi connectivity index (χ3v) is 3.52. The lowest BCUT2D eigenvalue weighted by molar-refractivity contribution is 0.0686. The highest BCUT2D eigenvalue weighted by Crippen LogP contribution is 2.41. The maximum atomic E-state index is 10.8. The van der Waals surface area contributed by atoms with Gasteiger partial charge in [0.15, 0.2) is 11.5 Å². The molecule has 0 aliphatic rings. The van der Waals surface area contributed by atoms with Crippen LogP contribution in [0.5, 0.6) is 5.75 Å². The number of rotatable bonds is 3. The number of halogens is 1. The van der Waals surface area contributed by atoms with Crippen LogP contribution in [-0.4, -0.2) is 21.3 Å². The maximum Gasteiger partial charge on any atom is 0.358 e. The molecule has 2 aromatic rings. The highest BCUT2D eigenvalue weighted by Gasteiger charge is 2.22. The summed E-state index contributed by atoms with van der Waals surface area (Å²) in [5.41, 5.74) is 1.44. The van der Waals surface area contributed by atoms with E-state index in [4.69, 9.17) is 21.2 Å². The number of carboxylic acid groups (broad SMARTS) is 1. The predicted octanol–water partition coefficient (Wildman–Crippen LogP) is 3.83. The van der Waals surface area contributed by atoms with E-state index in [2.05, 4.69) is 5.16 Å². The molecule has 1 aromatic heterocycles. The van der Waals surface area contributed by atoms with Crippen LogP contribution in [0, 0.1) is 6.92 Å². The van der Waals surface area contributed by atoms with E-state index in [9.17, 15) is 9.90 Å². The number of phenolic OH excluding ortho intramolecular Hbond substituents is 1. The molecule has 0 unspecified atom stereocenters. The lowest BCUT2D eigenvalue weighted by Crippen LogP contribution is -1.95. The Kier molecular flexibility index (Phi) is 3.72. The minimum Gasteiger partial charge on any atom is -0.507 e. The number of hydrogen-bond donors (Lipinski definition) is 2. The molecule has 0 aliphatic carbocycles. The number of nitrogens with zero attached hydrogens (tertiary/aromatic N) is 1. The van der Waals surface area contributed by atoms with E-state index >= 15 is 0 Å². The molecular weight excluding hydrogens is 282 g/mol. The molecule has 0 radical (unpaired) electrons. The summed E-state index contributed by atoms with van der Waals surface area (Å²) in [7, 11) is 0. The zero-order valence-corrected chi connectivity index (χ0v) is 12.0. The summed E-state index contributed by atoms with van der Waals surface area (Å²) in [6.07, 6.45) is 0. The van der Waals surface area contributed by atoms with Crippen molar-refractivity contribution < 1.29 is 19.5 Å². The van der Waals surface area contributed by atoms with Crippen molar-refractivity contribution in [3.05, 3.63) is 34.0 Å². The van der Waals surface area contributed by atoms with Gasteiger partial charge in [-0.1, -0.05) is 30.6 Å². The lowest BCUT2D eigenvalue weighted by Gasteiger charge is -2.14. The number of hydrogen-bond acceptors (Lipinski definition) is 4. The quantitative estimate of drug-likeness (QED) is 0.899. The first-order valence-electron chi connectivity index (χ1n) is 6.05. The maximum absolute atomic E-state index is 10.8. The Morgan fingerprint density at radius 2 is 2.05 bits per heavy atom. The summed E-state index contributed by atoms with van der Waals surface area (Å²) in [6.45, 7) is 5.57. The number of aromatic carboxylic acids is 1. The van der Waals surface area contributed by atoms with Crippen LogP contribution in [-0.2, 0) is 0 Å². The fourth-order valence-electron chi connectivity index (χ4n) is 1.99. The van der Waals surface area contributed by atoms with Gasteiger partial charge in [-0.05, 0) is 30.0 Å². The van der Waals surface area contributed by atoms with Crippen LogP contribution in [0.2, 0.25) is 5.02 Å². The fraction of sp³-hybridized carbons (Fsp3) is 0.286. The van der Waals surface area contributed by atoms with Crippen molar-refractivity contribution in [2.45, 2.75) is 26.7 Å². The summed E-state index contributed by atoms with van der Waals surface area (Å²) in [4.78, 5) is 10.8. The topological polar surface area (TPSA) is 83.6 Å². The zero-order valence-electron chi connectivity index (χ0n) is 11.3. The van der Waals surface area contributed by atoms with Crippen LogP contribution in [0.25, 0.3) is 11.3 Å². The van der Waals surface area contributed by atoms with E-state index < -0.39 is 5.97 Å². The fourth-order valence-corrected chi connectivity index (χ4v) is 2.20. The van der Waals surface area contributed by atoms with Crippen LogP contribution in [0.4, 0.5) is 0 Å². The van der Waals surface area contributed by atoms with Crippen LogP contribution in [0.3, 0.4) is 0 Å². The lowest BCUT2D eigenvalue weighted by atomic mass is 9.94.